The fourth-order valence-electron chi connectivity index (χ4n) is 2.25. The fraction of sp³-hybridized carbons (Fsp3) is 0.538. The summed E-state index contributed by atoms with van der Waals surface area (Å²) >= 11 is 0. The van der Waals surface area contributed by atoms with Crippen LogP contribution in [-0.2, 0) is 12.8 Å². The van der Waals surface area contributed by atoms with Crippen LogP contribution in [0.2, 0.25) is 0 Å². The van der Waals surface area contributed by atoms with Gasteiger partial charge in [-0.15, -0.1) is 0 Å². The summed E-state index contributed by atoms with van der Waals surface area (Å²) < 4.78 is 0. The van der Waals surface area contributed by atoms with E-state index in [1.807, 2.05) is 14.1 Å². The second kappa shape index (κ2) is 5.06. The average molecular weight is 206 g/mol. The predicted octanol–water partition coefficient (Wildman–Crippen LogP) is 3.20. The van der Waals surface area contributed by atoms with E-state index in [4.69, 9.17) is 0 Å². The molecule has 15 heavy (non-hydrogen) atoms. The first-order valence-electron chi connectivity index (χ1n) is 5.70. The molecule has 0 amide bonds. The van der Waals surface area contributed by atoms with Crippen molar-refractivity contribution in [1.82, 2.24) is 0 Å². The SMILES string of the molecule is CCc1cc(C)c(NC)c(CC)c1NC. The third-order valence-electron chi connectivity index (χ3n) is 2.94. The van der Waals surface area contributed by atoms with E-state index < -0.39 is 0 Å². The van der Waals surface area contributed by atoms with Crippen LogP contribution in [0.15, 0.2) is 6.07 Å². The van der Waals surface area contributed by atoms with E-state index in [9.17, 15) is 0 Å². The largest absolute Gasteiger partial charge is 0.388 e. The van der Waals surface area contributed by atoms with Crippen LogP contribution in [0.1, 0.15) is 30.5 Å². The van der Waals surface area contributed by atoms with Crippen molar-refractivity contribution in [3.8, 4) is 0 Å². The van der Waals surface area contributed by atoms with Crippen LogP contribution < -0.4 is 10.6 Å². The molecule has 0 saturated carbocycles. The van der Waals surface area contributed by atoms with Crippen molar-refractivity contribution in [2.45, 2.75) is 33.6 Å². The summed E-state index contributed by atoms with van der Waals surface area (Å²) in [6, 6.07) is 2.27. The molecule has 0 fully saturated rings. The number of anilines is 2. The highest BCUT2D eigenvalue weighted by atomic mass is 14.9. The highest BCUT2D eigenvalue weighted by Crippen LogP contribution is 2.32. The van der Waals surface area contributed by atoms with Gasteiger partial charge in [0.2, 0.25) is 0 Å². The lowest BCUT2D eigenvalue weighted by Crippen LogP contribution is -2.05. The molecule has 1 aromatic rings. The van der Waals surface area contributed by atoms with Crippen LogP contribution >= 0.6 is 0 Å². The smallest absolute Gasteiger partial charge is 0.0423 e. The summed E-state index contributed by atoms with van der Waals surface area (Å²) in [4.78, 5) is 0. The lowest BCUT2D eigenvalue weighted by Gasteiger charge is -2.19. The van der Waals surface area contributed by atoms with Gasteiger partial charge in [-0.25, -0.2) is 0 Å². The van der Waals surface area contributed by atoms with Crippen LogP contribution in [0.4, 0.5) is 11.4 Å². The molecule has 0 aliphatic carbocycles. The van der Waals surface area contributed by atoms with Gasteiger partial charge in [-0.1, -0.05) is 19.9 Å². The van der Waals surface area contributed by atoms with Crippen LogP contribution in [-0.4, -0.2) is 14.1 Å². The molecular formula is C13H22N2. The number of nitrogens with one attached hydrogen (secondary N) is 2. The summed E-state index contributed by atoms with van der Waals surface area (Å²) in [6.45, 7) is 6.58. The lowest BCUT2D eigenvalue weighted by atomic mass is 9.97. The topological polar surface area (TPSA) is 24.1 Å². The molecule has 1 rings (SSSR count). The molecule has 1 aromatic carbocycles. The van der Waals surface area contributed by atoms with Gasteiger partial charge in [-0.3, -0.25) is 0 Å². The molecule has 0 aromatic heterocycles. The van der Waals surface area contributed by atoms with Crippen LogP contribution in [0, 0.1) is 6.92 Å². The number of hydrogen-bond donors (Lipinski definition) is 2. The second-order valence-corrected chi connectivity index (χ2v) is 3.79. The molecule has 84 valence electrons. The first kappa shape index (κ1) is 11.9. The van der Waals surface area contributed by atoms with Crippen molar-refractivity contribution >= 4 is 11.4 Å². The molecule has 2 nitrogen and oxygen atoms in total. The molecule has 0 aliphatic rings. The first-order valence-corrected chi connectivity index (χ1v) is 5.70. The van der Waals surface area contributed by atoms with Crippen LogP contribution in [0.5, 0.6) is 0 Å². The fourth-order valence-corrected chi connectivity index (χ4v) is 2.25. The maximum atomic E-state index is 3.33. The molecule has 0 saturated heterocycles. The zero-order valence-corrected chi connectivity index (χ0v) is 10.5. The maximum absolute atomic E-state index is 3.33. The van der Waals surface area contributed by atoms with Crippen LogP contribution in [0.25, 0.3) is 0 Å². The Balaban J connectivity index is 3.44. The Bertz CT molecular complexity index is 343. The van der Waals surface area contributed by atoms with E-state index in [2.05, 4.69) is 37.5 Å². The monoisotopic (exact) mass is 206 g/mol. The van der Waals surface area contributed by atoms with Gasteiger partial charge in [0.05, 0.1) is 0 Å². The molecule has 0 bridgehead atoms. The lowest BCUT2D eigenvalue weighted by molar-refractivity contribution is 1.07. The van der Waals surface area contributed by atoms with Gasteiger partial charge in [0.15, 0.2) is 0 Å². The summed E-state index contributed by atoms with van der Waals surface area (Å²) in [5, 5.41) is 6.63. The highest BCUT2D eigenvalue weighted by molar-refractivity contribution is 5.72. The minimum Gasteiger partial charge on any atom is -0.388 e. The zero-order valence-electron chi connectivity index (χ0n) is 10.5. The van der Waals surface area contributed by atoms with Gasteiger partial charge in [-0.2, -0.15) is 0 Å². The van der Waals surface area contributed by atoms with Crippen molar-refractivity contribution in [3.05, 3.63) is 22.8 Å². The van der Waals surface area contributed by atoms with Crippen LogP contribution in [0.3, 0.4) is 0 Å². The molecular weight excluding hydrogens is 184 g/mol. The molecule has 0 aliphatic heterocycles. The van der Waals surface area contributed by atoms with Gasteiger partial charge < -0.3 is 10.6 Å². The summed E-state index contributed by atoms with van der Waals surface area (Å²) in [6.07, 6.45) is 2.13. The van der Waals surface area contributed by atoms with E-state index in [0.717, 1.165) is 12.8 Å². The van der Waals surface area contributed by atoms with E-state index in [1.54, 1.807) is 0 Å². The van der Waals surface area contributed by atoms with Gasteiger partial charge in [-0.05, 0) is 36.5 Å². The minimum atomic E-state index is 1.06. The third-order valence-corrected chi connectivity index (χ3v) is 2.94. The molecule has 0 heterocycles. The molecule has 0 atom stereocenters. The minimum absolute atomic E-state index is 1.06. The Morgan fingerprint density at radius 3 is 2.00 bits per heavy atom. The summed E-state index contributed by atoms with van der Waals surface area (Å²) in [5.41, 5.74) is 6.72. The molecule has 0 unspecified atom stereocenters. The maximum Gasteiger partial charge on any atom is 0.0423 e. The number of rotatable bonds is 4. The van der Waals surface area contributed by atoms with E-state index in [1.165, 1.54) is 28.1 Å². The highest BCUT2D eigenvalue weighted by Gasteiger charge is 2.11. The second-order valence-electron chi connectivity index (χ2n) is 3.79. The van der Waals surface area contributed by atoms with E-state index >= 15 is 0 Å². The summed E-state index contributed by atoms with van der Waals surface area (Å²) in [5.74, 6) is 0. The van der Waals surface area contributed by atoms with Crippen molar-refractivity contribution in [2.24, 2.45) is 0 Å². The molecule has 0 spiro atoms. The normalized spacial score (nSPS) is 10.2. The van der Waals surface area contributed by atoms with Crippen molar-refractivity contribution in [1.29, 1.82) is 0 Å². The predicted molar refractivity (Wildman–Crippen MR) is 69.0 cm³/mol. The number of benzene rings is 1. The summed E-state index contributed by atoms with van der Waals surface area (Å²) in [7, 11) is 4.00. The number of hydrogen-bond acceptors (Lipinski definition) is 2. The van der Waals surface area contributed by atoms with Crippen molar-refractivity contribution in [3.63, 3.8) is 0 Å². The molecule has 2 heteroatoms. The Morgan fingerprint density at radius 2 is 1.60 bits per heavy atom. The zero-order chi connectivity index (χ0) is 11.4. The van der Waals surface area contributed by atoms with Crippen molar-refractivity contribution < 1.29 is 0 Å². The Hall–Kier alpha value is -1.18. The van der Waals surface area contributed by atoms with Gasteiger partial charge in [0.1, 0.15) is 0 Å². The first-order chi connectivity index (χ1) is 7.19. The van der Waals surface area contributed by atoms with Gasteiger partial charge in [0, 0.05) is 25.5 Å². The van der Waals surface area contributed by atoms with Crippen molar-refractivity contribution in [2.75, 3.05) is 24.7 Å². The van der Waals surface area contributed by atoms with E-state index in [0.29, 0.717) is 0 Å². The Morgan fingerprint density at radius 1 is 1.00 bits per heavy atom. The quantitative estimate of drug-likeness (QED) is 0.790. The molecule has 2 N–H and O–H groups in total. The Labute approximate surface area is 93.1 Å². The van der Waals surface area contributed by atoms with E-state index in [-0.39, 0.29) is 0 Å². The van der Waals surface area contributed by atoms with Gasteiger partial charge >= 0.3 is 0 Å². The Kier molecular flexibility index (Phi) is 4.01. The average Bonchev–Trinajstić information content (AvgIpc) is 2.27. The molecule has 0 radical (unpaired) electrons. The van der Waals surface area contributed by atoms with Gasteiger partial charge in [0.25, 0.3) is 0 Å². The standard InChI is InChI=1S/C13H22N2/c1-6-10-8-9(3)12(14-4)11(7-2)13(10)15-5/h8,14-15H,6-7H2,1-5H3. The number of aryl methyl sites for hydroxylation is 2. The third kappa shape index (κ3) is 2.09.